The molecule has 0 saturated carbocycles. The summed E-state index contributed by atoms with van der Waals surface area (Å²) >= 11 is 0. The molecule has 0 atom stereocenters. The van der Waals surface area contributed by atoms with E-state index in [-0.39, 0.29) is 10.5 Å². The molecular weight excluding hydrogens is 223 g/mol. The van der Waals surface area contributed by atoms with E-state index in [4.69, 9.17) is 0 Å². The third-order valence-electron chi connectivity index (χ3n) is 1.83. The van der Waals surface area contributed by atoms with Crippen LogP contribution in [0.1, 0.15) is 6.92 Å². The van der Waals surface area contributed by atoms with Crippen LogP contribution in [0.3, 0.4) is 0 Å². The highest BCUT2D eigenvalue weighted by atomic mass is 16.7. The van der Waals surface area contributed by atoms with E-state index in [1.54, 1.807) is 0 Å². The van der Waals surface area contributed by atoms with Gasteiger partial charge in [-0.25, -0.2) is 10.1 Å². The first-order valence-electron chi connectivity index (χ1n) is 3.96. The highest BCUT2D eigenvalue weighted by Gasteiger charge is 2.60. The number of hydrogen-bond donors (Lipinski definition) is 0. The second-order valence-electron chi connectivity index (χ2n) is 2.95. The molecule has 0 amide bonds. The second-order valence-corrected chi connectivity index (χ2v) is 2.95. The van der Waals surface area contributed by atoms with Gasteiger partial charge in [0.1, 0.15) is 0 Å². The Morgan fingerprint density at radius 2 is 1.81 bits per heavy atom. The van der Waals surface area contributed by atoms with Gasteiger partial charge in [0.15, 0.2) is 0 Å². The molecule has 0 N–H and O–H groups in total. The number of hydrogen-bond acceptors (Lipinski definition) is 6. The Morgan fingerprint density at radius 1 is 1.25 bits per heavy atom. The van der Waals surface area contributed by atoms with Gasteiger partial charge in [-0.1, -0.05) is 0 Å². The Morgan fingerprint density at radius 3 is 2.19 bits per heavy atom. The minimum atomic E-state index is -1.86. The van der Waals surface area contributed by atoms with Gasteiger partial charge in [0.25, 0.3) is 0 Å². The van der Waals surface area contributed by atoms with Gasteiger partial charge in [0, 0.05) is 12.1 Å². The Balaban J connectivity index is 3.26. The summed E-state index contributed by atoms with van der Waals surface area (Å²) < 4.78 is 0. The number of nitrogens with zero attached hydrogens (tertiary/aromatic N) is 4. The summed E-state index contributed by atoms with van der Waals surface area (Å²) in [5.74, 6) is 0.0437. The van der Waals surface area contributed by atoms with Crippen LogP contribution in [-0.4, -0.2) is 26.7 Å². The molecule has 0 aromatic rings. The fourth-order valence-electron chi connectivity index (χ4n) is 1.23. The molecule has 0 unspecified atom stereocenters. The van der Waals surface area contributed by atoms with E-state index < -0.39 is 27.6 Å². The lowest BCUT2D eigenvalue weighted by molar-refractivity contribution is -0.661. The maximum absolute atomic E-state index is 10.5. The smallest absolute Gasteiger partial charge is 0.358 e. The fourth-order valence-corrected chi connectivity index (χ4v) is 1.23. The second kappa shape index (κ2) is 3.96. The van der Waals surface area contributed by atoms with E-state index in [9.17, 15) is 30.3 Å². The van der Waals surface area contributed by atoms with E-state index in [1.807, 2.05) is 0 Å². The van der Waals surface area contributed by atoms with Crippen molar-refractivity contribution in [3.63, 3.8) is 0 Å². The maximum atomic E-state index is 10.5. The van der Waals surface area contributed by atoms with Gasteiger partial charge < -0.3 is 10.1 Å². The molecule has 1 rings (SSSR count). The van der Waals surface area contributed by atoms with Gasteiger partial charge in [-0.15, -0.1) is 0 Å². The molecule has 11 heteroatoms. The third-order valence-corrected chi connectivity index (χ3v) is 1.83. The van der Waals surface area contributed by atoms with E-state index >= 15 is 0 Å². The van der Waals surface area contributed by atoms with Gasteiger partial charge in [-0.3, -0.25) is 10.1 Å². The molecule has 0 radical (unpaired) electrons. The molecule has 0 bridgehead atoms. The van der Waals surface area contributed by atoms with Crippen LogP contribution in [0.15, 0.2) is 23.4 Å². The first-order chi connectivity index (χ1) is 7.34. The molecule has 0 aromatic carbocycles. The normalized spacial score (nSPS) is 15.3. The molecule has 1 heterocycles. The largest absolute Gasteiger partial charge is 0.877 e. The van der Waals surface area contributed by atoms with E-state index in [0.717, 1.165) is 12.1 Å². The van der Waals surface area contributed by atoms with E-state index in [0.29, 0.717) is 0 Å². The van der Waals surface area contributed by atoms with Crippen molar-refractivity contribution in [1.29, 1.82) is 0 Å². The molecule has 0 fully saturated rings. The van der Waals surface area contributed by atoms with Gasteiger partial charge in [0.05, 0.1) is 4.92 Å². The summed E-state index contributed by atoms with van der Waals surface area (Å²) in [6.07, 6.45) is 0.906. The zero-order valence-corrected chi connectivity index (χ0v) is 7.97. The molecule has 1 aliphatic rings. The first kappa shape index (κ1) is 11.6. The van der Waals surface area contributed by atoms with Crippen molar-refractivity contribution >= 4 is 6.98 Å². The quantitative estimate of drug-likeness (QED) is 0.372. The van der Waals surface area contributed by atoms with Crippen molar-refractivity contribution in [2.75, 3.05) is 0 Å². The highest BCUT2D eigenvalue weighted by molar-refractivity contribution is 6.53. The monoisotopic (exact) mass is 228 g/mol. The van der Waals surface area contributed by atoms with Crippen molar-refractivity contribution in [2.45, 2.75) is 6.92 Å². The summed E-state index contributed by atoms with van der Waals surface area (Å²) in [6, 6.07) is 0. The van der Waals surface area contributed by atoms with E-state index in [1.165, 1.54) is 6.92 Å². The number of rotatable bonds is 3. The first-order valence-corrected chi connectivity index (χ1v) is 3.96. The van der Waals surface area contributed by atoms with Gasteiger partial charge >= 0.3 is 12.8 Å². The number of nitro groups is 3. The predicted octanol–water partition coefficient (Wildman–Crippen LogP) is -0.138. The Bertz CT molecular complexity index is 431. The Hall–Kier alpha value is -2.46. The zero-order valence-electron chi connectivity index (χ0n) is 7.97. The average molecular weight is 228 g/mol. The minimum absolute atomic E-state index is 0.0903. The fraction of sp³-hybridized carbons (Fsp3) is 0.200. The summed E-state index contributed by atoms with van der Waals surface area (Å²) in [5, 5.41) is 30.4. The molecule has 1 aliphatic heterocycles. The summed E-state index contributed by atoms with van der Waals surface area (Å²) in [4.78, 5) is 29.5. The molecule has 16 heavy (non-hydrogen) atoms. The van der Waals surface area contributed by atoms with Crippen LogP contribution in [0.4, 0.5) is 0 Å². The van der Waals surface area contributed by atoms with Crippen LogP contribution >= 0.6 is 0 Å². The molecule has 0 spiro atoms. The van der Waals surface area contributed by atoms with Crippen molar-refractivity contribution < 1.29 is 14.8 Å². The number of hydrazine groups is 1. The van der Waals surface area contributed by atoms with Crippen molar-refractivity contribution in [3.05, 3.63) is 53.8 Å². The lowest BCUT2D eigenvalue weighted by Gasteiger charge is -2.10. The topological polar surface area (TPSA) is 133 Å². The highest BCUT2D eigenvalue weighted by Crippen LogP contribution is 2.18. The SMILES string of the molecule is CC1=CB([N+](=O)[O-])N([N+](=O)[O-])C([N+](=O)[O-])=C1. The van der Waals surface area contributed by atoms with Crippen molar-refractivity contribution in [3.8, 4) is 0 Å². The van der Waals surface area contributed by atoms with E-state index in [2.05, 4.69) is 0 Å². The Labute approximate surface area is 88.4 Å². The maximum Gasteiger partial charge on any atom is 0.877 e. The Kier molecular flexibility index (Phi) is 2.88. The molecule has 10 nitrogen and oxygen atoms in total. The molecule has 0 aliphatic carbocycles. The van der Waals surface area contributed by atoms with Crippen molar-refractivity contribution in [2.24, 2.45) is 0 Å². The van der Waals surface area contributed by atoms with Gasteiger partial charge in [0.2, 0.25) is 5.03 Å². The van der Waals surface area contributed by atoms with Crippen LogP contribution in [-0.2, 0) is 0 Å². The third kappa shape index (κ3) is 1.97. The average Bonchev–Trinajstić information content (AvgIpc) is 2.15. The minimum Gasteiger partial charge on any atom is -0.358 e. The molecular formula is C5H5BN4O6. The van der Waals surface area contributed by atoms with Crippen LogP contribution in [0.5, 0.6) is 0 Å². The van der Waals surface area contributed by atoms with Crippen LogP contribution < -0.4 is 0 Å². The molecule has 0 saturated heterocycles. The molecule has 0 aromatic heterocycles. The van der Waals surface area contributed by atoms with Crippen LogP contribution in [0.25, 0.3) is 0 Å². The van der Waals surface area contributed by atoms with Crippen LogP contribution in [0.2, 0.25) is 0 Å². The zero-order chi connectivity index (χ0) is 12.5. The van der Waals surface area contributed by atoms with Gasteiger partial charge in [-0.05, 0) is 22.3 Å². The summed E-state index contributed by atoms with van der Waals surface area (Å²) in [6.45, 7) is -0.475. The summed E-state index contributed by atoms with van der Waals surface area (Å²) in [5.41, 5.74) is 0.228. The lowest BCUT2D eigenvalue weighted by Crippen LogP contribution is -2.50. The summed E-state index contributed by atoms with van der Waals surface area (Å²) in [7, 11) is 0. The van der Waals surface area contributed by atoms with Gasteiger partial charge in [-0.2, -0.15) is 0 Å². The predicted molar refractivity (Wildman–Crippen MR) is 50.4 cm³/mol. The molecule has 84 valence electrons. The van der Waals surface area contributed by atoms with Crippen molar-refractivity contribution in [1.82, 2.24) is 4.92 Å². The standard InChI is InChI=1S/C5H5BN4O6/c1-4-2-5(8(11)12)7(10(15)16)6(3-4)9(13)14/h2-3H,1H3. The van der Waals surface area contributed by atoms with Crippen LogP contribution in [0, 0.1) is 30.3 Å². The number of allylic oxidation sites excluding steroid dienone is 2. The lowest BCUT2D eigenvalue weighted by atomic mass is 9.73.